The average Bonchev–Trinajstić information content (AvgIpc) is 1.89. The fourth-order valence-electron chi connectivity index (χ4n) is 0.440. The summed E-state index contributed by atoms with van der Waals surface area (Å²) in [5.74, 6) is -0.409. The predicted molar refractivity (Wildman–Crippen MR) is 39.2 cm³/mol. The Balaban J connectivity index is 4.21. The normalized spacial score (nSPS) is 7.40. The maximum atomic E-state index is 10.7. The number of rotatable bonds is 2. The Morgan fingerprint density at radius 3 is 2.70 bits per heavy atom. The van der Waals surface area contributed by atoms with Crippen LogP contribution in [-0.4, -0.2) is 5.97 Å². The van der Waals surface area contributed by atoms with Crippen molar-refractivity contribution in [2.45, 2.75) is 13.8 Å². The summed E-state index contributed by atoms with van der Waals surface area (Å²) < 4.78 is 4.46. The van der Waals surface area contributed by atoms with Crippen molar-refractivity contribution in [1.82, 2.24) is 0 Å². The summed E-state index contributed by atoms with van der Waals surface area (Å²) in [7, 11) is 0. The number of esters is 1. The molecule has 0 aromatic rings. The van der Waals surface area contributed by atoms with E-state index in [0.717, 1.165) is 6.26 Å². The third-order valence-corrected chi connectivity index (χ3v) is 0.857. The van der Waals surface area contributed by atoms with Gasteiger partial charge in [-0.05, 0) is 19.9 Å². The van der Waals surface area contributed by atoms with Gasteiger partial charge in [0, 0.05) is 0 Å². The van der Waals surface area contributed by atoms with Crippen LogP contribution < -0.4 is 0 Å². The van der Waals surface area contributed by atoms with Gasteiger partial charge in [0.1, 0.15) is 0 Å². The van der Waals surface area contributed by atoms with Gasteiger partial charge in [0.15, 0.2) is 0 Å². The van der Waals surface area contributed by atoms with Gasteiger partial charge >= 0.3 is 5.97 Å². The topological polar surface area (TPSA) is 26.3 Å². The summed E-state index contributed by atoms with van der Waals surface area (Å²) in [5, 5.41) is 0. The highest BCUT2D eigenvalue weighted by molar-refractivity contribution is 5.87. The lowest BCUT2D eigenvalue weighted by Crippen LogP contribution is -1.98. The van der Waals surface area contributed by atoms with Gasteiger partial charge in [-0.25, -0.2) is 4.79 Å². The van der Waals surface area contributed by atoms with Gasteiger partial charge in [-0.15, -0.1) is 5.73 Å². The van der Waals surface area contributed by atoms with Crippen molar-refractivity contribution in [2.24, 2.45) is 0 Å². The van der Waals surface area contributed by atoms with Crippen LogP contribution >= 0.6 is 0 Å². The van der Waals surface area contributed by atoms with Crippen LogP contribution in [0.5, 0.6) is 0 Å². The minimum atomic E-state index is -0.409. The van der Waals surface area contributed by atoms with Crippen LogP contribution in [0.3, 0.4) is 0 Å². The molecule has 54 valence electrons. The van der Waals surface area contributed by atoms with Gasteiger partial charge < -0.3 is 4.74 Å². The van der Waals surface area contributed by atoms with E-state index in [1.807, 2.05) is 0 Å². The zero-order chi connectivity index (χ0) is 7.98. The fraction of sp³-hybridized carbons (Fsp3) is 0.250. The van der Waals surface area contributed by atoms with Crippen LogP contribution in [0, 0.1) is 0 Å². The lowest BCUT2D eigenvalue weighted by atomic mass is 10.3. The summed E-state index contributed by atoms with van der Waals surface area (Å²) in [6, 6.07) is 0. The molecule has 2 heteroatoms. The van der Waals surface area contributed by atoms with E-state index in [0.29, 0.717) is 5.57 Å². The quantitative estimate of drug-likeness (QED) is 0.252. The molecule has 0 amide bonds. The highest BCUT2D eigenvalue weighted by Crippen LogP contribution is 1.93. The average molecular weight is 138 g/mol. The Labute approximate surface area is 60.5 Å². The molecule has 0 N–H and O–H groups in total. The molecule has 0 atom stereocenters. The van der Waals surface area contributed by atoms with Gasteiger partial charge in [-0.3, -0.25) is 0 Å². The molecule has 10 heavy (non-hydrogen) atoms. The standard InChI is InChI=1S/C8H10O2/c1-4-6-7(3)8(9)10-5-2/h4-5H,2H2,1,3H3. The van der Waals surface area contributed by atoms with Crippen molar-refractivity contribution >= 4 is 5.97 Å². The first-order chi connectivity index (χ1) is 4.72. The summed E-state index contributed by atoms with van der Waals surface area (Å²) >= 11 is 0. The molecule has 0 saturated heterocycles. The van der Waals surface area contributed by atoms with Crippen LogP contribution in [0.2, 0.25) is 0 Å². The Morgan fingerprint density at radius 2 is 2.30 bits per heavy atom. The van der Waals surface area contributed by atoms with Crippen molar-refractivity contribution < 1.29 is 9.53 Å². The monoisotopic (exact) mass is 138 g/mol. The minimum Gasteiger partial charge on any atom is -0.431 e. The summed E-state index contributed by atoms with van der Waals surface area (Å²) in [5.41, 5.74) is 3.15. The minimum absolute atomic E-state index is 0.409. The van der Waals surface area contributed by atoms with E-state index in [-0.39, 0.29) is 0 Å². The zero-order valence-electron chi connectivity index (χ0n) is 6.18. The zero-order valence-corrected chi connectivity index (χ0v) is 6.18. The molecule has 2 nitrogen and oxygen atoms in total. The Hall–Kier alpha value is -1.27. The SMILES string of the molecule is C=COC(=O)C(C)=C=CC. The second kappa shape index (κ2) is 4.59. The molecule has 0 rings (SSSR count). The van der Waals surface area contributed by atoms with Crippen LogP contribution in [0.25, 0.3) is 0 Å². The highest BCUT2D eigenvalue weighted by Gasteiger charge is 2.00. The lowest BCUT2D eigenvalue weighted by molar-refractivity contribution is -0.133. The van der Waals surface area contributed by atoms with Crippen LogP contribution in [-0.2, 0) is 9.53 Å². The van der Waals surface area contributed by atoms with Gasteiger partial charge in [0.05, 0.1) is 11.8 Å². The van der Waals surface area contributed by atoms with E-state index in [1.165, 1.54) is 0 Å². The molecular formula is C8H10O2. The van der Waals surface area contributed by atoms with E-state index in [4.69, 9.17) is 0 Å². The lowest BCUT2D eigenvalue weighted by Gasteiger charge is -1.92. The van der Waals surface area contributed by atoms with Crippen molar-refractivity contribution in [1.29, 1.82) is 0 Å². The largest absolute Gasteiger partial charge is 0.431 e. The number of carbonyl (C=O) groups is 1. The van der Waals surface area contributed by atoms with Gasteiger partial charge in [0.25, 0.3) is 0 Å². The first-order valence-electron chi connectivity index (χ1n) is 2.92. The Morgan fingerprint density at radius 1 is 1.70 bits per heavy atom. The van der Waals surface area contributed by atoms with E-state index in [9.17, 15) is 4.79 Å². The van der Waals surface area contributed by atoms with Gasteiger partial charge in [0.2, 0.25) is 0 Å². The first-order valence-corrected chi connectivity index (χ1v) is 2.92. The van der Waals surface area contributed by atoms with E-state index in [1.54, 1.807) is 19.9 Å². The van der Waals surface area contributed by atoms with Gasteiger partial charge in [-0.2, -0.15) is 0 Å². The molecule has 0 aromatic heterocycles. The molecule has 0 aliphatic rings. The predicted octanol–water partition coefficient (Wildman–Crippen LogP) is 1.79. The molecule has 0 spiro atoms. The molecule has 0 heterocycles. The molecule has 0 aromatic carbocycles. The van der Waals surface area contributed by atoms with E-state index < -0.39 is 5.97 Å². The second-order valence-corrected chi connectivity index (χ2v) is 1.63. The third-order valence-electron chi connectivity index (χ3n) is 0.857. The van der Waals surface area contributed by atoms with E-state index in [2.05, 4.69) is 17.0 Å². The second-order valence-electron chi connectivity index (χ2n) is 1.63. The third kappa shape index (κ3) is 2.90. The van der Waals surface area contributed by atoms with Crippen LogP contribution in [0.1, 0.15) is 13.8 Å². The van der Waals surface area contributed by atoms with E-state index >= 15 is 0 Å². The van der Waals surface area contributed by atoms with Crippen molar-refractivity contribution in [3.63, 3.8) is 0 Å². The van der Waals surface area contributed by atoms with Gasteiger partial charge in [-0.1, -0.05) is 6.58 Å². The van der Waals surface area contributed by atoms with Crippen LogP contribution in [0.4, 0.5) is 0 Å². The number of hydrogen-bond donors (Lipinski definition) is 0. The Bertz CT molecular complexity index is 195. The highest BCUT2D eigenvalue weighted by atomic mass is 16.5. The molecule has 0 saturated carbocycles. The summed E-state index contributed by atoms with van der Waals surface area (Å²) in [4.78, 5) is 10.7. The smallest absolute Gasteiger partial charge is 0.346 e. The molecule has 0 unspecified atom stereocenters. The molecule has 0 aliphatic carbocycles. The molecular weight excluding hydrogens is 128 g/mol. The van der Waals surface area contributed by atoms with Crippen molar-refractivity contribution in [3.8, 4) is 0 Å². The number of ether oxygens (including phenoxy) is 1. The molecule has 0 bridgehead atoms. The maximum Gasteiger partial charge on any atom is 0.346 e. The number of carbonyl (C=O) groups excluding carboxylic acids is 1. The Kier molecular flexibility index (Phi) is 4.01. The van der Waals surface area contributed by atoms with Crippen LogP contribution in [0.15, 0.2) is 30.2 Å². The summed E-state index contributed by atoms with van der Waals surface area (Å²) in [6.07, 6.45) is 2.75. The van der Waals surface area contributed by atoms with Crippen molar-refractivity contribution in [3.05, 3.63) is 30.2 Å². The molecule has 0 fully saturated rings. The summed E-state index contributed by atoms with van der Waals surface area (Å²) in [6.45, 7) is 6.66. The van der Waals surface area contributed by atoms with Crippen molar-refractivity contribution in [2.75, 3.05) is 0 Å². The molecule has 0 radical (unpaired) electrons. The number of hydrogen-bond acceptors (Lipinski definition) is 2. The first kappa shape index (κ1) is 8.73. The fourth-order valence-corrected chi connectivity index (χ4v) is 0.440. The molecule has 0 aliphatic heterocycles. The maximum absolute atomic E-state index is 10.7.